The van der Waals surface area contributed by atoms with Gasteiger partial charge in [0, 0.05) is 102 Å². The third-order valence-corrected chi connectivity index (χ3v) is 23.7. The maximum atomic E-state index is 5.39. The van der Waals surface area contributed by atoms with E-state index in [9.17, 15) is 0 Å². The first-order valence-electron chi connectivity index (χ1n) is 42.3. The van der Waals surface area contributed by atoms with Crippen LogP contribution in [0.1, 0.15) is 0 Å². The van der Waals surface area contributed by atoms with E-state index in [2.05, 4.69) is 375 Å². The van der Waals surface area contributed by atoms with Gasteiger partial charge >= 0.3 is 0 Å². The molecular weight excluding hydrogens is 1530 g/mol. The molecule has 24 aromatic rings. The summed E-state index contributed by atoms with van der Waals surface area (Å²) in [5, 5.41) is 21.3. The summed E-state index contributed by atoms with van der Waals surface area (Å²) in [5.41, 5.74) is 20.8. The lowest BCUT2D eigenvalue weighted by atomic mass is 9.94. The monoisotopic (exact) mass is 1610 g/mol. The van der Waals surface area contributed by atoms with Crippen LogP contribution in [0, 0.1) is 0 Å². The number of pyridine rings is 3. The Morgan fingerprint density at radius 2 is 0.373 bits per heavy atom. The molecule has 0 bridgehead atoms. The summed E-state index contributed by atoms with van der Waals surface area (Å²) in [5.74, 6) is 2.14. The van der Waals surface area contributed by atoms with Crippen LogP contribution < -0.4 is 0 Å². The van der Waals surface area contributed by atoms with Crippen molar-refractivity contribution < 1.29 is 0 Å². The second-order valence-corrected chi connectivity index (χ2v) is 31.6. The third kappa shape index (κ3) is 15.2. The van der Waals surface area contributed by atoms with Crippen molar-refractivity contribution in [1.29, 1.82) is 0 Å². The molecule has 0 unspecified atom stereocenters. The van der Waals surface area contributed by atoms with Crippen LogP contribution in [0.5, 0.6) is 0 Å². The number of aromatic nitrogens is 9. The molecule has 0 fully saturated rings. The molecule has 0 N–H and O–H groups in total. The highest BCUT2D eigenvalue weighted by atomic mass is 14.9. The van der Waals surface area contributed by atoms with Crippen LogP contribution in [-0.4, -0.2) is 44.9 Å². The Labute approximate surface area is 727 Å². The van der Waals surface area contributed by atoms with Crippen molar-refractivity contribution in [2.45, 2.75) is 0 Å². The van der Waals surface area contributed by atoms with E-state index in [4.69, 9.17) is 39.9 Å². The minimum Gasteiger partial charge on any atom is -0.256 e. The summed E-state index contributed by atoms with van der Waals surface area (Å²) >= 11 is 0. The molecule has 0 atom stereocenters. The van der Waals surface area contributed by atoms with E-state index in [1.807, 2.05) is 85.3 Å². The highest BCUT2D eigenvalue weighted by Crippen LogP contribution is 2.42. The Bertz CT molecular complexity index is 7980. The van der Waals surface area contributed by atoms with Gasteiger partial charge in [-0.1, -0.05) is 376 Å². The van der Waals surface area contributed by atoms with Crippen molar-refractivity contribution >= 4 is 97.0 Å². The minimum absolute atomic E-state index is 0.706. The lowest BCUT2D eigenvalue weighted by Crippen LogP contribution is -1.98. The summed E-state index contributed by atoms with van der Waals surface area (Å²) < 4.78 is 0. The number of fused-ring (bicyclic) bond motifs is 11. The van der Waals surface area contributed by atoms with Gasteiger partial charge in [-0.25, -0.2) is 29.9 Å². The first kappa shape index (κ1) is 75.2. The molecule has 24 rings (SSSR count). The summed E-state index contributed by atoms with van der Waals surface area (Å²) in [6, 6.07) is 152. The molecule has 0 radical (unpaired) electrons. The van der Waals surface area contributed by atoms with Gasteiger partial charge in [0.2, 0.25) is 0 Å². The number of rotatable bonds is 12. The first-order valence-corrected chi connectivity index (χ1v) is 42.3. The Hall–Kier alpha value is -17.0. The van der Waals surface area contributed by atoms with E-state index < -0.39 is 0 Å². The van der Waals surface area contributed by atoms with Crippen molar-refractivity contribution in [3.63, 3.8) is 0 Å². The van der Waals surface area contributed by atoms with Crippen molar-refractivity contribution in [3.05, 3.63) is 455 Å². The predicted molar refractivity (Wildman–Crippen MR) is 522 cm³/mol. The lowest BCUT2D eigenvalue weighted by molar-refractivity contribution is 1.18. The fraction of sp³-hybridized carbons (Fsp3) is 0. The van der Waals surface area contributed by atoms with Crippen molar-refractivity contribution in [2.75, 3.05) is 0 Å². The number of benzene rings is 18. The predicted octanol–water partition coefficient (Wildman–Crippen LogP) is 30.0. The van der Waals surface area contributed by atoms with E-state index >= 15 is 0 Å². The van der Waals surface area contributed by atoms with Crippen molar-refractivity contribution in [3.8, 4) is 135 Å². The molecule has 18 aromatic carbocycles. The average molecular weight is 1610 g/mol. The molecule has 0 aliphatic heterocycles. The molecule has 6 aromatic heterocycles. The smallest absolute Gasteiger partial charge is 0.161 e. The Morgan fingerprint density at radius 1 is 0.119 bits per heavy atom. The van der Waals surface area contributed by atoms with Gasteiger partial charge < -0.3 is 0 Å². The van der Waals surface area contributed by atoms with Gasteiger partial charge in [0.05, 0.1) is 51.2 Å². The van der Waals surface area contributed by atoms with Crippen LogP contribution in [0.3, 0.4) is 0 Å². The van der Waals surface area contributed by atoms with Crippen LogP contribution >= 0.6 is 0 Å². The van der Waals surface area contributed by atoms with Crippen LogP contribution in [0.2, 0.25) is 0 Å². The topological polar surface area (TPSA) is 116 Å². The second kappa shape index (κ2) is 33.2. The molecule has 0 aliphatic carbocycles. The second-order valence-electron chi connectivity index (χ2n) is 31.6. The zero-order chi connectivity index (χ0) is 83.6. The van der Waals surface area contributed by atoms with E-state index in [0.717, 1.165) is 145 Å². The normalized spacial score (nSPS) is 11.3. The molecule has 0 aliphatic rings. The molecule has 0 spiro atoms. The third-order valence-electron chi connectivity index (χ3n) is 23.7. The van der Waals surface area contributed by atoms with E-state index in [1.54, 1.807) is 0 Å². The fourth-order valence-corrected chi connectivity index (χ4v) is 17.1. The Kier molecular flexibility index (Phi) is 19.8. The zero-order valence-corrected chi connectivity index (χ0v) is 68.3. The van der Waals surface area contributed by atoms with E-state index in [1.165, 1.54) is 75.4 Å². The van der Waals surface area contributed by atoms with Crippen LogP contribution in [0.15, 0.2) is 455 Å². The van der Waals surface area contributed by atoms with E-state index in [0.29, 0.717) is 11.6 Å². The standard InChI is InChI=1S/C47H29N3.C39H25N3.C31H21N3/c1-2-14-35-29-48-44(27-32(35)11-1)30-21-23-31(24-22-30)45-28-46(42-25-33-12-3-5-15-36(33)38-17-7-9-19-40(38)42)50-47(49-45)43-26-34-13-4-6-16-37(34)39-18-8-10-20-41(39)43;1-3-9-30-21-33(19-13-26(30)7-1)38-24-37(41-39(42-38)34-20-14-27-8-2-4-10-31(27)22-34)29-17-15-28(16-18-29)36-23-32-11-5-6-12-35(32)25-40-36;1-3-9-22(10-4-1)29-20-30(34-31(33-29)25-11-5-2-6-12-25)24-17-15-23(16-18-24)28-19-26-13-7-8-14-27(26)21-32-28/h1-29H;1-25H;1-21H. The average Bonchev–Trinajstić information content (AvgIpc) is 0.743. The molecule has 0 saturated heterocycles. The number of hydrogen-bond donors (Lipinski definition) is 0. The molecule has 9 nitrogen and oxygen atoms in total. The summed E-state index contributed by atoms with van der Waals surface area (Å²) in [4.78, 5) is 44.8. The van der Waals surface area contributed by atoms with E-state index in [-0.39, 0.29) is 0 Å². The largest absolute Gasteiger partial charge is 0.256 e. The van der Waals surface area contributed by atoms with Crippen LogP contribution in [0.4, 0.5) is 0 Å². The van der Waals surface area contributed by atoms with Gasteiger partial charge in [-0.15, -0.1) is 0 Å². The molecule has 588 valence electrons. The summed E-state index contributed by atoms with van der Waals surface area (Å²) in [7, 11) is 0. The van der Waals surface area contributed by atoms with Gasteiger partial charge in [-0.3, -0.25) is 15.0 Å². The van der Waals surface area contributed by atoms with Gasteiger partial charge in [-0.2, -0.15) is 0 Å². The molecule has 0 amide bonds. The van der Waals surface area contributed by atoms with Gasteiger partial charge in [-0.05, 0) is 141 Å². The molecule has 126 heavy (non-hydrogen) atoms. The highest BCUT2D eigenvalue weighted by molar-refractivity contribution is 6.15. The number of hydrogen-bond acceptors (Lipinski definition) is 9. The van der Waals surface area contributed by atoms with Gasteiger partial charge in [0.15, 0.2) is 17.5 Å². The zero-order valence-electron chi connectivity index (χ0n) is 68.3. The molecule has 9 heteroatoms. The van der Waals surface area contributed by atoms with Gasteiger partial charge in [0.25, 0.3) is 0 Å². The molecule has 6 heterocycles. The van der Waals surface area contributed by atoms with Crippen molar-refractivity contribution in [1.82, 2.24) is 44.9 Å². The number of nitrogens with zero attached hydrogens (tertiary/aromatic N) is 9. The lowest BCUT2D eigenvalue weighted by Gasteiger charge is -2.15. The van der Waals surface area contributed by atoms with Crippen LogP contribution in [0.25, 0.3) is 232 Å². The Morgan fingerprint density at radius 3 is 0.794 bits per heavy atom. The molecular formula is C117H75N9. The molecule has 0 saturated carbocycles. The SMILES string of the molecule is c1ccc(-c2cc(-c3ccc(-c4cc5ccccc5cn4)cc3)nc(-c3ccccc3)n2)cc1.c1ccc2cc(-c3cc(-c4ccc(-c5cc6ccccc6cn5)cc4)nc(-c4ccc5ccccc5c4)n3)ccc2c1.c1ccc2cc(-c3ccc(-c4cc(-c5cc6ccccc6c6ccccc56)nc(-c5cc6ccccc6c6ccccc56)n4)cc3)ncc2c1. The van der Waals surface area contributed by atoms with Gasteiger partial charge in [0.1, 0.15) is 0 Å². The summed E-state index contributed by atoms with van der Waals surface area (Å²) in [6.07, 6.45) is 5.82. The Balaban J connectivity index is 0.000000114. The highest BCUT2D eigenvalue weighted by Gasteiger charge is 2.21. The quantitative estimate of drug-likeness (QED) is 0.110. The van der Waals surface area contributed by atoms with Crippen molar-refractivity contribution in [2.24, 2.45) is 0 Å². The maximum absolute atomic E-state index is 5.39. The van der Waals surface area contributed by atoms with Crippen LogP contribution in [-0.2, 0) is 0 Å². The first-order chi connectivity index (χ1) is 62.4. The minimum atomic E-state index is 0.706. The summed E-state index contributed by atoms with van der Waals surface area (Å²) in [6.45, 7) is 0. The fourth-order valence-electron chi connectivity index (χ4n) is 17.1. The maximum Gasteiger partial charge on any atom is 0.161 e.